The Bertz CT molecular complexity index is 836. The maximum Gasteiger partial charge on any atom is 0.0488 e. The van der Waals surface area contributed by atoms with Crippen LogP contribution in [0.2, 0.25) is 0 Å². The van der Waals surface area contributed by atoms with Crippen LogP contribution in [0.25, 0.3) is 10.9 Å². The van der Waals surface area contributed by atoms with E-state index in [0.717, 1.165) is 13.1 Å². The average Bonchev–Trinajstić information content (AvgIpc) is 2.91. The number of likely N-dealkylation sites (N-methyl/N-ethyl adjacent to an activating group) is 1. The van der Waals surface area contributed by atoms with E-state index in [9.17, 15) is 0 Å². The van der Waals surface area contributed by atoms with Crippen LogP contribution < -0.4 is 0 Å². The minimum Gasteiger partial charge on any atom is -0.340 e. The molecule has 1 aromatic heterocycles. The van der Waals surface area contributed by atoms with E-state index in [4.69, 9.17) is 0 Å². The highest BCUT2D eigenvalue weighted by Gasteiger charge is 2.27. The van der Waals surface area contributed by atoms with Gasteiger partial charge in [-0.3, -0.25) is 0 Å². The molecule has 132 valence electrons. The second-order valence-corrected chi connectivity index (χ2v) is 7.30. The summed E-state index contributed by atoms with van der Waals surface area (Å²) in [5, 5.41) is 1.47. The second-order valence-electron chi connectivity index (χ2n) is 7.30. The number of aromatic nitrogens is 1. The molecule has 1 aliphatic rings. The van der Waals surface area contributed by atoms with Crippen LogP contribution in [0.3, 0.4) is 0 Å². The average molecular weight is 355 g/mol. The summed E-state index contributed by atoms with van der Waals surface area (Å²) in [6.07, 6.45) is 3.82. The SMILES string of the molecule is CN(C)CC1CCCc2c1c1ccccc1n2Cc1ccccc1.Cl. The van der Waals surface area contributed by atoms with E-state index in [1.54, 1.807) is 11.3 Å². The second kappa shape index (κ2) is 7.63. The molecular formula is C22H27ClN2. The van der Waals surface area contributed by atoms with Gasteiger partial charge in [0, 0.05) is 29.7 Å². The van der Waals surface area contributed by atoms with Gasteiger partial charge in [-0.15, -0.1) is 12.4 Å². The molecule has 0 aliphatic heterocycles. The lowest BCUT2D eigenvalue weighted by atomic mass is 9.85. The number of halogens is 1. The maximum atomic E-state index is 2.57. The third-order valence-electron chi connectivity index (χ3n) is 5.27. The monoisotopic (exact) mass is 354 g/mol. The molecule has 3 heteroatoms. The van der Waals surface area contributed by atoms with E-state index in [1.165, 1.54) is 35.7 Å². The summed E-state index contributed by atoms with van der Waals surface area (Å²) in [4.78, 5) is 2.34. The van der Waals surface area contributed by atoms with Gasteiger partial charge in [0.15, 0.2) is 0 Å². The third kappa shape index (κ3) is 3.47. The quantitative estimate of drug-likeness (QED) is 0.633. The summed E-state index contributed by atoms with van der Waals surface area (Å²) in [6.45, 7) is 2.12. The van der Waals surface area contributed by atoms with Crippen molar-refractivity contribution >= 4 is 23.3 Å². The molecule has 0 saturated carbocycles. The zero-order valence-electron chi connectivity index (χ0n) is 15.1. The normalized spacial score (nSPS) is 16.7. The van der Waals surface area contributed by atoms with Crippen molar-refractivity contribution < 1.29 is 0 Å². The van der Waals surface area contributed by atoms with Gasteiger partial charge >= 0.3 is 0 Å². The first kappa shape index (κ1) is 18.0. The van der Waals surface area contributed by atoms with Crippen LogP contribution in [0.1, 0.15) is 35.6 Å². The van der Waals surface area contributed by atoms with Crippen molar-refractivity contribution in [3.8, 4) is 0 Å². The van der Waals surface area contributed by atoms with Crippen LogP contribution >= 0.6 is 12.4 Å². The maximum absolute atomic E-state index is 2.57. The molecule has 1 heterocycles. The van der Waals surface area contributed by atoms with E-state index < -0.39 is 0 Å². The van der Waals surface area contributed by atoms with Crippen LogP contribution in [0.5, 0.6) is 0 Å². The van der Waals surface area contributed by atoms with Gasteiger partial charge in [-0.1, -0.05) is 48.5 Å². The van der Waals surface area contributed by atoms with E-state index in [1.807, 2.05) is 0 Å². The number of rotatable bonds is 4. The number of hydrogen-bond acceptors (Lipinski definition) is 1. The van der Waals surface area contributed by atoms with Gasteiger partial charge in [0.1, 0.15) is 0 Å². The summed E-state index contributed by atoms with van der Waals surface area (Å²) < 4.78 is 2.57. The Kier molecular flexibility index (Phi) is 5.51. The lowest BCUT2D eigenvalue weighted by Gasteiger charge is -2.27. The molecule has 2 nitrogen and oxygen atoms in total. The van der Waals surface area contributed by atoms with Crippen molar-refractivity contribution in [2.75, 3.05) is 20.6 Å². The topological polar surface area (TPSA) is 8.17 Å². The molecule has 4 rings (SSSR count). The molecule has 3 aromatic rings. The molecule has 25 heavy (non-hydrogen) atoms. The van der Waals surface area contributed by atoms with Crippen LogP contribution in [0, 0.1) is 0 Å². The first-order chi connectivity index (χ1) is 11.7. The number of nitrogens with zero attached hydrogens (tertiary/aromatic N) is 2. The van der Waals surface area contributed by atoms with Crippen molar-refractivity contribution in [3.63, 3.8) is 0 Å². The summed E-state index contributed by atoms with van der Waals surface area (Å²) in [6, 6.07) is 19.8. The van der Waals surface area contributed by atoms with Gasteiger partial charge in [0.05, 0.1) is 0 Å². The molecule has 0 N–H and O–H groups in total. The minimum atomic E-state index is 0. The largest absolute Gasteiger partial charge is 0.340 e. The van der Waals surface area contributed by atoms with Gasteiger partial charge < -0.3 is 9.47 Å². The fraction of sp³-hybridized carbons (Fsp3) is 0.364. The highest BCUT2D eigenvalue weighted by atomic mass is 35.5. The Hall–Kier alpha value is -1.77. The predicted molar refractivity (Wildman–Crippen MR) is 109 cm³/mol. The summed E-state index contributed by atoms with van der Waals surface area (Å²) in [5.41, 5.74) is 5.97. The summed E-state index contributed by atoms with van der Waals surface area (Å²) in [7, 11) is 4.38. The Balaban J connectivity index is 0.00000182. The van der Waals surface area contributed by atoms with Crippen LogP contribution in [0.4, 0.5) is 0 Å². The van der Waals surface area contributed by atoms with E-state index in [0.29, 0.717) is 5.92 Å². The molecule has 0 fully saturated rings. The standard InChI is InChI=1S/C22H26N2.ClH/c1-23(2)16-18-11-8-14-21-22(18)19-12-6-7-13-20(19)24(21)15-17-9-4-3-5-10-17;/h3-7,9-10,12-13,18H,8,11,14-16H2,1-2H3;1H. The van der Waals surface area contributed by atoms with Crippen molar-refractivity contribution in [1.82, 2.24) is 9.47 Å². The summed E-state index contributed by atoms with van der Waals surface area (Å²) >= 11 is 0. The first-order valence-electron chi connectivity index (χ1n) is 9.02. The van der Waals surface area contributed by atoms with E-state index in [-0.39, 0.29) is 12.4 Å². The van der Waals surface area contributed by atoms with Crippen molar-refractivity contribution in [3.05, 3.63) is 71.4 Å². The predicted octanol–water partition coefficient (Wildman–Crippen LogP) is 5.09. The van der Waals surface area contributed by atoms with Gasteiger partial charge in [-0.2, -0.15) is 0 Å². The molecule has 0 spiro atoms. The Morgan fingerprint density at radius 3 is 2.48 bits per heavy atom. The lowest BCUT2D eigenvalue weighted by molar-refractivity contribution is 0.351. The number of fused-ring (bicyclic) bond motifs is 3. The van der Waals surface area contributed by atoms with Gasteiger partial charge in [-0.05, 0) is 56.5 Å². The highest BCUT2D eigenvalue weighted by Crippen LogP contribution is 2.39. The molecule has 1 unspecified atom stereocenters. The van der Waals surface area contributed by atoms with Gasteiger partial charge in [0.2, 0.25) is 0 Å². The molecule has 2 aromatic carbocycles. The van der Waals surface area contributed by atoms with E-state index in [2.05, 4.69) is 78.2 Å². The number of para-hydroxylation sites is 1. The summed E-state index contributed by atoms with van der Waals surface area (Å²) in [5.74, 6) is 0.658. The minimum absolute atomic E-state index is 0. The Morgan fingerprint density at radius 1 is 1.00 bits per heavy atom. The van der Waals surface area contributed by atoms with Crippen LogP contribution in [-0.2, 0) is 13.0 Å². The molecule has 0 radical (unpaired) electrons. The fourth-order valence-corrected chi connectivity index (χ4v) is 4.34. The third-order valence-corrected chi connectivity index (χ3v) is 5.27. The highest BCUT2D eigenvalue weighted by molar-refractivity contribution is 5.86. The van der Waals surface area contributed by atoms with Crippen molar-refractivity contribution in [2.24, 2.45) is 0 Å². The van der Waals surface area contributed by atoms with Crippen LogP contribution in [-0.4, -0.2) is 30.1 Å². The Labute approximate surface area is 156 Å². The Morgan fingerprint density at radius 2 is 1.72 bits per heavy atom. The van der Waals surface area contributed by atoms with Crippen LogP contribution in [0.15, 0.2) is 54.6 Å². The smallest absolute Gasteiger partial charge is 0.0488 e. The molecule has 1 atom stereocenters. The number of benzene rings is 2. The lowest BCUT2D eigenvalue weighted by Crippen LogP contribution is -2.24. The molecule has 0 bridgehead atoms. The van der Waals surface area contributed by atoms with Crippen molar-refractivity contribution in [1.29, 1.82) is 0 Å². The first-order valence-corrected chi connectivity index (χ1v) is 9.02. The molecule has 0 saturated heterocycles. The number of hydrogen-bond donors (Lipinski definition) is 0. The van der Waals surface area contributed by atoms with Gasteiger partial charge in [-0.25, -0.2) is 0 Å². The molecule has 0 amide bonds. The molecular weight excluding hydrogens is 328 g/mol. The molecule has 1 aliphatic carbocycles. The zero-order valence-corrected chi connectivity index (χ0v) is 15.9. The van der Waals surface area contributed by atoms with Gasteiger partial charge in [0.25, 0.3) is 0 Å². The zero-order chi connectivity index (χ0) is 16.5. The van der Waals surface area contributed by atoms with Crippen molar-refractivity contribution in [2.45, 2.75) is 31.7 Å². The fourth-order valence-electron chi connectivity index (χ4n) is 4.34. The van der Waals surface area contributed by atoms with E-state index >= 15 is 0 Å².